The Morgan fingerprint density at radius 1 is 0.875 bits per heavy atom. The van der Waals surface area contributed by atoms with Crippen molar-refractivity contribution in [2.24, 2.45) is 0 Å². The van der Waals surface area contributed by atoms with Gasteiger partial charge in [-0.2, -0.15) is 0 Å². The van der Waals surface area contributed by atoms with Crippen LogP contribution in [0.15, 0.2) is 24.3 Å². The second-order valence-electron chi connectivity index (χ2n) is 8.92. The highest BCUT2D eigenvalue weighted by Gasteiger charge is 2.52. The molecule has 1 saturated heterocycles. The maximum Gasteiger partial charge on any atom is 0.303 e. The van der Waals surface area contributed by atoms with Crippen LogP contribution in [0.4, 0.5) is 0 Å². The molecular formula is C25H33N3O11S. The summed E-state index contributed by atoms with van der Waals surface area (Å²) in [6.07, 6.45) is -4.76. The molecule has 1 aromatic carbocycles. The Hall–Kier alpha value is -3.85. The van der Waals surface area contributed by atoms with Crippen LogP contribution in [0.5, 0.6) is 5.75 Å². The van der Waals surface area contributed by atoms with Crippen molar-refractivity contribution in [1.82, 2.24) is 15.4 Å². The lowest BCUT2D eigenvalue weighted by atomic mass is 9.96. The van der Waals surface area contributed by atoms with Crippen LogP contribution < -0.4 is 20.1 Å². The van der Waals surface area contributed by atoms with Gasteiger partial charge in [-0.25, -0.2) is 0 Å². The van der Waals surface area contributed by atoms with Crippen LogP contribution in [0.2, 0.25) is 0 Å². The van der Waals surface area contributed by atoms with Gasteiger partial charge in [0.05, 0.1) is 0 Å². The number of esters is 3. The number of carbonyl (C=O) groups excluding carboxylic acids is 6. The number of carbonyl (C=O) groups is 6. The zero-order valence-electron chi connectivity index (χ0n) is 22.6. The molecule has 2 rings (SSSR count). The van der Waals surface area contributed by atoms with Crippen LogP contribution >= 0.6 is 12.8 Å². The fourth-order valence-electron chi connectivity index (χ4n) is 4.00. The number of ether oxygens (including phenoxy) is 5. The summed E-state index contributed by atoms with van der Waals surface area (Å²) in [5, 5.41) is 5.16. The van der Waals surface area contributed by atoms with Crippen molar-refractivity contribution >= 4 is 48.4 Å². The van der Waals surface area contributed by atoms with Crippen LogP contribution in [0.1, 0.15) is 40.2 Å². The average molecular weight is 584 g/mol. The zero-order chi connectivity index (χ0) is 30.0. The highest BCUT2D eigenvalue weighted by molar-refractivity contribution is 7.78. The third-order valence-corrected chi connectivity index (χ3v) is 5.71. The number of amides is 3. The fourth-order valence-corrected chi connectivity index (χ4v) is 4.15. The molecule has 40 heavy (non-hydrogen) atoms. The first-order chi connectivity index (χ1) is 18.8. The quantitative estimate of drug-likeness (QED) is 0.153. The van der Waals surface area contributed by atoms with Gasteiger partial charge in [0.1, 0.15) is 30.5 Å². The number of hydrogen-bond acceptors (Lipinski definition) is 12. The van der Waals surface area contributed by atoms with Crippen LogP contribution in [-0.4, -0.2) is 78.9 Å². The standard InChI is InChI=1S/C25H33N3O11S/c1-12(29)26-19(24(34)28-40)10-17-6-8-18(9-7-17)38-25-21(27-13(2)30)23(37-16(5)33)22(36-15(4)32)20(39-25)11-35-14(3)31/h6-9,19-23,25,40H,10-11H2,1-5H3,(H,26,29)(H,27,30)(H,28,34)/t19-,20?,21?,22?,23?,25?/m0/s1. The Bertz CT molecular complexity index is 1100. The molecule has 3 amide bonds. The van der Waals surface area contributed by atoms with E-state index >= 15 is 0 Å². The normalized spacial score (nSPS) is 22.6. The monoisotopic (exact) mass is 583 g/mol. The lowest BCUT2D eigenvalue weighted by Crippen LogP contribution is -2.67. The topological polar surface area (TPSA) is 185 Å². The Labute approximate surface area is 236 Å². The first kappa shape index (κ1) is 32.4. The number of rotatable bonds is 11. The molecule has 0 bridgehead atoms. The second kappa shape index (κ2) is 15.1. The van der Waals surface area contributed by atoms with Gasteiger partial charge in [0.25, 0.3) is 5.91 Å². The minimum Gasteiger partial charge on any atom is -0.463 e. The van der Waals surface area contributed by atoms with E-state index in [1.165, 1.54) is 20.8 Å². The average Bonchev–Trinajstić information content (AvgIpc) is 2.85. The van der Waals surface area contributed by atoms with Gasteiger partial charge in [-0.15, -0.1) is 0 Å². The third-order valence-electron chi connectivity index (χ3n) is 5.49. The highest BCUT2D eigenvalue weighted by Crippen LogP contribution is 2.29. The first-order valence-electron chi connectivity index (χ1n) is 12.2. The Balaban J connectivity index is 2.36. The molecule has 1 heterocycles. The molecule has 0 radical (unpaired) electrons. The van der Waals surface area contributed by atoms with Gasteiger partial charge in [-0.1, -0.05) is 24.9 Å². The van der Waals surface area contributed by atoms with Crippen molar-refractivity contribution in [3.63, 3.8) is 0 Å². The predicted octanol–water partition coefficient (Wildman–Crippen LogP) is -0.270. The fraction of sp³-hybridized carbons (Fsp3) is 0.520. The summed E-state index contributed by atoms with van der Waals surface area (Å²) < 4.78 is 30.0. The van der Waals surface area contributed by atoms with Crippen molar-refractivity contribution in [3.05, 3.63) is 29.8 Å². The first-order valence-corrected chi connectivity index (χ1v) is 12.6. The van der Waals surface area contributed by atoms with Gasteiger partial charge in [0.2, 0.25) is 18.1 Å². The summed E-state index contributed by atoms with van der Waals surface area (Å²) in [5.74, 6) is -3.22. The molecule has 0 spiro atoms. The van der Waals surface area contributed by atoms with Crippen LogP contribution in [-0.2, 0) is 54.1 Å². The van der Waals surface area contributed by atoms with Crippen LogP contribution in [0.3, 0.4) is 0 Å². The molecule has 5 unspecified atom stereocenters. The van der Waals surface area contributed by atoms with Gasteiger partial charge in [-0.05, 0) is 17.7 Å². The molecule has 15 heteroatoms. The van der Waals surface area contributed by atoms with Crippen LogP contribution in [0, 0.1) is 0 Å². The number of benzene rings is 1. The third kappa shape index (κ3) is 10.0. The smallest absolute Gasteiger partial charge is 0.303 e. The van der Waals surface area contributed by atoms with Crippen molar-refractivity contribution in [2.75, 3.05) is 6.61 Å². The maximum atomic E-state index is 12.1. The van der Waals surface area contributed by atoms with Crippen molar-refractivity contribution < 1.29 is 52.5 Å². The molecule has 3 N–H and O–H groups in total. The van der Waals surface area contributed by atoms with E-state index in [0.29, 0.717) is 5.56 Å². The molecule has 1 aliphatic heterocycles. The van der Waals surface area contributed by atoms with E-state index in [1.807, 2.05) is 0 Å². The largest absolute Gasteiger partial charge is 0.463 e. The maximum absolute atomic E-state index is 12.1. The van der Waals surface area contributed by atoms with Crippen LogP contribution in [0.25, 0.3) is 0 Å². The molecule has 0 aromatic heterocycles. The van der Waals surface area contributed by atoms with Gasteiger partial charge < -0.3 is 39.0 Å². The SMILES string of the molecule is CC(=O)NC1C(Oc2ccc(C[C@H](NC(C)=O)C(=O)NS)cc2)OC(COC(C)=O)C(OC(C)=O)C1OC(C)=O. The van der Waals surface area contributed by atoms with E-state index in [1.54, 1.807) is 24.3 Å². The van der Waals surface area contributed by atoms with E-state index in [0.717, 1.165) is 13.8 Å². The number of thiol groups is 1. The molecule has 0 aliphatic carbocycles. The molecule has 6 atom stereocenters. The van der Waals surface area contributed by atoms with E-state index in [4.69, 9.17) is 23.7 Å². The summed E-state index contributed by atoms with van der Waals surface area (Å²) in [5.41, 5.74) is 0.673. The molecule has 1 aliphatic rings. The molecule has 0 saturated carbocycles. The summed E-state index contributed by atoms with van der Waals surface area (Å²) in [6.45, 7) is 5.61. The van der Waals surface area contributed by atoms with Gasteiger partial charge in [-0.3, -0.25) is 28.8 Å². The van der Waals surface area contributed by atoms with Crippen molar-refractivity contribution in [3.8, 4) is 5.75 Å². The summed E-state index contributed by atoms with van der Waals surface area (Å²) in [4.78, 5) is 70.9. The highest BCUT2D eigenvalue weighted by atomic mass is 32.1. The summed E-state index contributed by atoms with van der Waals surface area (Å²) in [6, 6.07) is 4.42. The van der Waals surface area contributed by atoms with E-state index in [2.05, 4.69) is 28.2 Å². The number of nitrogens with one attached hydrogen (secondary N) is 3. The summed E-state index contributed by atoms with van der Waals surface area (Å²) in [7, 11) is 0. The lowest BCUT2D eigenvalue weighted by Gasteiger charge is -2.44. The van der Waals surface area contributed by atoms with Gasteiger partial charge in [0.15, 0.2) is 12.2 Å². The van der Waals surface area contributed by atoms with E-state index in [9.17, 15) is 28.8 Å². The molecule has 220 valence electrons. The number of hydrogen-bond donors (Lipinski definition) is 4. The minimum atomic E-state index is -1.28. The van der Waals surface area contributed by atoms with Gasteiger partial charge >= 0.3 is 17.9 Å². The van der Waals surface area contributed by atoms with Crippen molar-refractivity contribution in [1.29, 1.82) is 0 Å². The van der Waals surface area contributed by atoms with Crippen molar-refractivity contribution in [2.45, 2.75) is 77.7 Å². The Morgan fingerprint density at radius 3 is 1.98 bits per heavy atom. The van der Waals surface area contributed by atoms with E-state index < -0.39 is 72.3 Å². The molecule has 1 aromatic rings. The minimum absolute atomic E-state index is 0.156. The Kier molecular flexibility index (Phi) is 12.2. The lowest BCUT2D eigenvalue weighted by molar-refractivity contribution is -0.257. The van der Waals surface area contributed by atoms with E-state index in [-0.39, 0.29) is 18.8 Å². The second-order valence-corrected chi connectivity index (χ2v) is 9.14. The molecule has 1 fully saturated rings. The van der Waals surface area contributed by atoms with Gasteiger partial charge in [0, 0.05) is 41.0 Å². The summed E-state index contributed by atoms with van der Waals surface area (Å²) >= 11 is 3.75. The zero-order valence-corrected chi connectivity index (χ0v) is 23.5. The molecule has 14 nitrogen and oxygen atoms in total. The predicted molar refractivity (Wildman–Crippen MR) is 140 cm³/mol. The molecular weight excluding hydrogens is 550 g/mol. The Morgan fingerprint density at radius 2 is 1.48 bits per heavy atom.